The van der Waals surface area contributed by atoms with Crippen LogP contribution in [-0.2, 0) is 14.8 Å². The highest BCUT2D eigenvalue weighted by molar-refractivity contribution is 6.64. The summed E-state index contributed by atoms with van der Waals surface area (Å²) in [5, 5.41) is 10.0. The largest absolute Gasteiger partial charge is 0.500 e. The van der Waals surface area contributed by atoms with E-state index < -0.39 is 18.3 Å². The second-order valence-corrected chi connectivity index (χ2v) is 10.6. The molecule has 1 saturated carbocycles. The smallest absolute Gasteiger partial charge is 0.399 e. The number of nitrogen functional groups attached to an aromatic ring is 1. The molecule has 1 aliphatic carbocycles. The summed E-state index contributed by atoms with van der Waals surface area (Å²) >= 11 is 0. The average Bonchev–Trinajstić information content (AvgIpc) is 3.18. The summed E-state index contributed by atoms with van der Waals surface area (Å²) in [6.07, 6.45) is 3.58. The number of nitrogens with zero attached hydrogens (tertiary/aromatic N) is 5. The Labute approximate surface area is 181 Å². The first kappa shape index (κ1) is 20.4. The van der Waals surface area contributed by atoms with E-state index in [-0.39, 0.29) is 5.54 Å². The molecule has 3 aromatic rings. The molecule has 0 aromatic carbocycles. The highest BCUT2D eigenvalue weighted by Gasteiger charge is 2.55. The van der Waals surface area contributed by atoms with Crippen molar-refractivity contribution in [3.8, 4) is 11.4 Å². The van der Waals surface area contributed by atoms with E-state index in [1.54, 1.807) is 0 Å². The highest BCUT2D eigenvalue weighted by Crippen LogP contribution is 2.44. The quantitative estimate of drug-likeness (QED) is 0.639. The van der Waals surface area contributed by atoms with Crippen LogP contribution in [0.15, 0.2) is 10.9 Å². The summed E-state index contributed by atoms with van der Waals surface area (Å²) < 4.78 is 20.5. The van der Waals surface area contributed by atoms with Gasteiger partial charge in [0.25, 0.3) is 0 Å². The Kier molecular flexibility index (Phi) is 4.15. The average molecular weight is 424 g/mol. The van der Waals surface area contributed by atoms with Gasteiger partial charge in [-0.15, -0.1) is 0 Å². The van der Waals surface area contributed by atoms with E-state index in [0.717, 1.165) is 24.1 Å². The Balaban J connectivity index is 1.74. The molecular formula is C21H29BN6O3. The molecule has 2 fully saturated rings. The third-order valence-electron chi connectivity index (χ3n) is 6.55. The molecule has 164 valence electrons. The Bertz CT molecular complexity index is 1160. The molecule has 0 atom stereocenters. The molecule has 4 heterocycles. The SMILES string of the molecule is CC(C)(C)n1nc(-c2noc(C3CC3)c2B2OC(C)(C)C(C)(C)O2)c2c(N)ncnc21. The molecule has 0 bridgehead atoms. The molecule has 5 rings (SSSR count). The fraction of sp³-hybridized carbons (Fsp3) is 0.619. The van der Waals surface area contributed by atoms with Crippen LogP contribution >= 0.6 is 0 Å². The number of rotatable bonds is 3. The van der Waals surface area contributed by atoms with E-state index in [0.29, 0.717) is 34.2 Å². The van der Waals surface area contributed by atoms with Crippen molar-refractivity contribution in [2.75, 3.05) is 5.73 Å². The van der Waals surface area contributed by atoms with Crippen molar-refractivity contribution < 1.29 is 13.8 Å². The zero-order valence-corrected chi connectivity index (χ0v) is 19.2. The van der Waals surface area contributed by atoms with E-state index >= 15 is 0 Å². The van der Waals surface area contributed by atoms with Crippen molar-refractivity contribution in [3.63, 3.8) is 0 Å². The lowest BCUT2D eigenvalue weighted by atomic mass is 9.75. The van der Waals surface area contributed by atoms with Gasteiger partial charge in [0.2, 0.25) is 0 Å². The number of nitrogens with two attached hydrogens (primary N) is 1. The van der Waals surface area contributed by atoms with Crippen LogP contribution in [0.5, 0.6) is 0 Å². The molecule has 0 radical (unpaired) electrons. The van der Waals surface area contributed by atoms with Crippen molar-refractivity contribution >= 4 is 29.4 Å². The summed E-state index contributed by atoms with van der Waals surface area (Å²) in [6, 6.07) is 0. The zero-order chi connectivity index (χ0) is 22.3. The van der Waals surface area contributed by atoms with Crippen molar-refractivity contribution in [2.24, 2.45) is 0 Å². The minimum Gasteiger partial charge on any atom is -0.399 e. The summed E-state index contributed by atoms with van der Waals surface area (Å²) in [6.45, 7) is 14.3. The van der Waals surface area contributed by atoms with Crippen LogP contribution in [0.4, 0.5) is 5.82 Å². The van der Waals surface area contributed by atoms with E-state index in [2.05, 4.69) is 35.9 Å². The number of hydrogen-bond acceptors (Lipinski definition) is 8. The maximum atomic E-state index is 6.39. The van der Waals surface area contributed by atoms with Gasteiger partial charge in [0.15, 0.2) is 5.65 Å². The van der Waals surface area contributed by atoms with E-state index in [1.165, 1.54) is 6.33 Å². The lowest BCUT2D eigenvalue weighted by Gasteiger charge is -2.32. The van der Waals surface area contributed by atoms with Crippen molar-refractivity contribution in [3.05, 3.63) is 12.1 Å². The first-order chi connectivity index (χ1) is 14.4. The number of aromatic nitrogens is 5. The van der Waals surface area contributed by atoms with Gasteiger partial charge in [-0.1, -0.05) is 5.16 Å². The fourth-order valence-electron chi connectivity index (χ4n) is 3.92. The second-order valence-electron chi connectivity index (χ2n) is 10.6. The summed E-state index contributed by atoms with van der Waals surface area (Å²) in [4.78, 5) is 8.68. The Morgan fingerprint density at radius 3 is 2.29 bits per heavy atom. The van der Waals surface area contributed by atoms with Gasteiger partial charge < -0.3 is 19.6 Å². The maximum absolute atomic E-state index is 6.39. The summed E-state index contributed by atoms with van der Waals surface area (Å²) in [7, 11) is -0.609. The van der Waals surface area contributed by atoms with Crippen molar-refractivity contribution in [2.45, 2.75) is 84.0 Å². The molecule has 10 heteroatoms. The predicted octanol–water partition coefficient (Wildman–Crippen LogP) is 3.00. The first-order valence-corrected chi connectivity index (χ1v) is 10.8. The summed E-state index contributed by atoms with van der Waals surface area (Å²) in [5.41, 5.74) is 7.63. The third kappa shape index (κ3) is 3.07. The molecule has 0 spiro atoms. The summed E-state index contributed by atoms with van der Waals surface area (Å²) in [5.74, 6) is 1.48. The van der Waals surface area contributed by atoms with E-state index in [4.69, 9.17) is 24.7 Å². The van der Waals surface area contributed by atoms with Crippen molar-refractivity contribution in [1.29, 1.82) is 0 Å². The number of anilines is 1. The van der Waals surface area contributed by atoms with Gasteiger partial charge in [-0.25, -0.2) is 14.6 Å². The molecule has 31 heavy (non-hydrogen) atoms. The van der Waals surface area contributed by atoms with Gasteiger partial charge in [0.05, 0.1) is 27.6 Å². The Hall–Kier alpha value is -2.46. The highest BCUT2D eigenvalue weighted by atomic mass is 16.7. The maximum Gasteiger partial charge on any atom is 0.500 e. The van der Waals surface area contributed by atoms with E-state index in [9.17, 15) is 0 Å². The molecule has 0 unspecified atom stereocenters. The molecule has 0 amide bonds. The molecule has 9 nitrogen and oxygen atoms in total. The van der Waals surface area contributed by atoms with Crippen molar-refractivity contribution in [1.82, 2.24) is 24.9 Å². The minimum atomic E-state index is -0.609. The van der Waals surface area contributed by atoms with Gasteiger partial charge in [0, 0.05) is 5.92 Å². The molecule has 1 saturated heterocycles. The second kappa shape index (κ2) is 6.29. The minimum absolute atomic E-state index is 0.315. The van der Waals surface area contributed by atoms with Crippen LogP contribution in [0.2, 0.25) is 0 Å². The van der Waals surface area contributed by atoms with Gasteiger partial charge >= 0.3 is 7.12 Å². The monoisotopic (exact) mass is 424 g/mol. The topological polar surface area (TPSA) is 114 Å². The van der Waals surface area contributed by atoms with Crippen LogP contribution in [-0.4, -0.2) is 43.2 Å². The van der Waals surface area contributed by atoms with Crippen LogP contribution in [0.3, 0.4) is 0 Å². The van der Waals surface area contributed by atoms with Crippen LogP contribution < -0.4 is 11.2 Å². The standard InChI is InChI=1S/C21H29BN6O3/c1-19(2,3)28-18-12(17(23)24-10-25-18)14(26-28)15-13(16(29-27-15)11-8-9-11)22-30-20(4,5)21(6,7)31-22/h10-11H,8-9H2,1-7H3,(H2,23,24,25). The third-order valence-corrected chi connectivity index (χ3v) is 6.55. The number of fused-ring (bicyclic) bond motifs is 1. The van der Waals surface area contributed by atoms with Crippen LogP contribution in [0.1, 0.15) is 73.0 Å². The van der Waals surface area contributed by atoms with Gasteiger partial charge in [-0.3, -0.25) is 0 Å². The van der Waals surface area contributed by atoms with Gasteiger partial charge in [-0.2, -0.15) is 5.10 Å². The molecule has 1 aliphatic heterocycles. The lowest BCUT2D eigenvalue weighted by molar-refractivity contribution is 0.00578. The first-order valence-electron chi connectivity index (χ1n) is 10.8. The predicted molar refractivity (Wildman–Crippen MR) is 118 cm³/mol. The molecule has 2 N–H and O–H groups in total. The normalized spacial score (nSPS) is 20.7. The van der Waals surface area contributed by atoms with Crippen LogP contribution in [0.25, 0.3) is 22.4 Å². The van der Waals surface area contributed by atoms with E-state index in [1.807, 2.05) is 32.4 Å². The van der Waals surface area contributed by atoms with Gasteiger partial charge in [0.1, 0.15) is 29.3 Å². The Morgan fingerprint density at radius 2 is 1.71 bits per heavy atom. The molecular weight excluding hydrogens is 395 g/mol. The molecule has 2 aliphatic rings. The van der Waals surface area contributed by atoms with Gasteiger partial charge in [-0.05, 0) is 61.3 Å². The Morgan fingerprint density at radius 1 is 1.06 bits per heavy atom. The fourth-order valence-corrected chi connectivity index (χ4v) is 3.92. The molecule has 3 aromatic heterocycles. The zero-order valence-electron chi connectivity index (χ0n) is 19.2. The lowest BCUT2D eigenvalue weighted by Crippen LogP contribution is -2.41. The van der Waals surface area contributed by atoms with Crippen LogP contribution in [0, 0.1) is 0 Å². The number of hydrogen-bond donors (Lipinski definition) is 1.